The number of rotatable bonds is 5. The summed E-state index contributed by atoms with van der Waals surface area (Å²) in [6, 6.07) is 12.8. The SMILES string of the molecule is CCOc1ccc(C(NC)c2cc(C)ccc2Br)cc1Br. The number of hydrogen-bond acceptors (Lipinski definition) is 2. The van der Waals surface area contributed by atoms with E-state index < -0.39 is 0 Å². The van der Waals surface area contributed by atoms with E-state index >= 15 is 0 Å². The molecule has 0 bridgehead atoms. The van der Waals surface area contributed by atoms with E-state index in [0.29, 0.717) is 6.61 Å². The van der Waals surface area contributed by atoms with E-state index in [4.69, 9.17) is 4.74 Å². The van der Waals surface area contributed by atoms with Gasteiger partial charge < -0.3 is 10.1 Å². The Bertz CT molecular complexity index is 628. The third kappa shape index (κ3) is 3.87. The highest BCUT2D eigenvalue weighted by Gasteiger charge is 2.16. The average molecular weight is 413 g/mol. The molecule has 1 unspecified atom stereocenters. The van der Waals surface area contributed by atoms with Crippen LogP contribution in [0.15, 0.2) is 45.3 Å². The van der Waals surface area contributed by atoms with Crippen molar-refractivity contribution in [2.24, 2.45) is 0 Å². The van der Waals surface area contributed by atoms with Gasteiger partial charge in [-0.25, -0.2) is 0 Å². The van der Waals surface area contributed by atoms with E-state index in [0.717, 1.165) is 14.7 Å². The quantitative estimate of drug-likeness (QED) is 0.725. The summed E-state index contributed by atoms with van der Waals surface area (Å²) in [5.74, 6) is 0.874. The van der Waals surface area contributed by atoms with Crippen molar-refractivity contribution >= 4 is 31.9 Å². The number of benzene rings is 2. The summed E-state index contributed by atoms with van der Waals surface area (Å²) >= 11 is 7.24. The van der Waals surface area contributed by atoms with Gasteiger partial charge in [-0.05, 0) is 66.2 Å². The first-order chi connectivity index (χ1) is 10.1. The van der Waals surface area contributed by atoms with Gasteiger partial charge in [0.1, 0.15) is 5.75 Å². The maximum absolute atomic E-state index is 5.58. The van der Waals surface area contributed by atoms with Crippen LogP contribution in [0.4, 0.5) is 0 Å². The van der Waals surface area contributed by atoms with Crippen LogP contribution in [0, 0.1) is 6.92 Å². The molecule has 2 aromatic rings. The molecule has 4 heteroatoms. The molecule has 0 spiro atoms. The van der Waals surface area contributed by atoms with Crippen LogP contribution < -0.4 is 10.1 Å². The zero-order valence-corrected chi connectivity index (χ0v) is 15.6. The molecule has 2 rings (SSSR count). The standard InChI is InChI=1S/C17H19Br2NO/c1-4-21-16-8-6-12(10-15(16)19)17(20-3)13-9-11(2)5-7-14(13)18/h5-10,17,20H,4H2,1-3H3. The molecule has 2 aromatic carbocycles. The normalized spacial score (nSPS) is 12.2. The summed E-state index contributed by atoms with van der Waals surface area (Å²) in [4.78, 5) is 0. The van der Waals surface area contributed by atoms with Crippen molar-refractivity contribution in [3.8, 4) is 5.75 Å². The molecule has 21 heavy (non-hydrogen) atoms. The van der Waals surface area contributed by atoms with Crippen LogP contribution in [0.3, 0.4) is 0 Å². The minimum atomic E-state index is 0.131. The zero-order chi connectivity index (χ0) is 15.4. The number of hydrogen-bond donors (Lipinski definition) is 1. The highest BCUT2D eigenvalue weighted by atomic mass is 79.9. The number of ether oxygens (including phenoxy) is 1. The lowest BCUT2D eigenvalue weighted by Gasteiger charge is -2.20. The van der Waals surface area contributed by atoms with Crippen LogP contribution in [-0.2, 0) is 0 Å². The molecule has 0 aliphatic heterocycles. The van der Waals surface area contributed by atoms with Crippen molar-refractivity contribution in [1.29, 1.82) is 0 Å². The van der Waals surface area contributed by atoms with E-state index in [-0.39, 0.29) is 6.04 Å². The van der Waals surface area contributed by atoms with Crippen molar-refractivity contribution in [1.82, 2.24) is 5.32 Å². The first kappa shape index (κ1) is 16.5. The van der Waals surface area contributed by atoms with Crippen LogP contribution in [-0.4, -0.2) is 13.7 Å². The molecular formula is C17H19Br2NO. The maximum Gasteiger partial charge on any atom is 0.133 e. The van der Waals surface area contributed by atoms with E-state index in [2.05, 4.69) is 74.4 Å². The molecule has 0 heterocycles. The predicted molar refractivity (Wildman–Crippen MR) is 95.1 cm³/mol. The molecule has 1 atom stereocenters. The van der Waals surface area contributed by atoms with Gasteiger partial charge in [0.05, 0.1) is 17.1 Å². The number of halogens is 2. The number of nitrogens with one attached hydrogen (secondary N) is 1. The molecular weight excluding hydrogens is 394 g/mol. The Hall–Kier alpha value is -0.840. The van der Waals surface area contributed by atoms with Gasteiger partial charge in [-0.15, -0.1) is 0 Å². The van der Waals surface area contributed by atoms with Gasteiger partial charge in [0.25, 0.3) is 0 Å². The monoisotopic (exact) mass is 411 g/mol. The molecule has 0 saturated carbocycles. The van der Waals surface area contributed by atoms with Crippen molar-refractivity contribution in [3.05, 3.63) is 62.0 Å². The summed E-state index contributed by atoms with van der Waals surface area (Å²) in [5.41, 5.74) is 3.67. The predicted octanol–water partition coefficient (Wildman–Crippen LogP) is 5.23. The van der Waals surface area contributed by atoms with Gasteiger partial charge in [-0.1, -0.05) is 39.7 Å². The first-order valence-electron chi connectivity index (χ1n) is 6.92. The molecule has 0 radical (unpaired) electrons. The van der Waals surface area contributed by atoms with Gasteiger partial charge in [0.2, 0.25) is 0 Å². The second kappa shape index (κ2) is 7.43. The summed E-state index contributed by atoms with van der Waals surface area (Å²) in [7, 11) is 1.98. The smallest absolute Gasteiger partial charge is 0.133 e. The molecule has 1 N–H and O–H groups in total. The molecule has 2 nitrogen and oxygen atoms in total. The zero-order valence-electron chi connectivity index (χ0n) is 12.4. The minimum Gasteiger partial charge on any atom is -0.493 e. The maximum atomic E-state index is 5.58. The van der Waals surface area contributed by atoms with Crippen molar-refractivity contribution in [3.63, 3.8) is 0 Å². The topological polar surface area (TPSA) is 21.3 Å². The molecule has 0 aliphatic carbocycles. The second-order valence-corrected chi connectivity index (χ2v) is 6.58. The Kier molecular flexibility index (Phi) is 5.85. The van der Waals surface area contributed by atoms with Crippen molar-refractivity contribution in [2.45, 2.75) is 19.9 Å². The molecule has 0 aromatic heterocycles. The van der Waals surface area contributed by atoms with Gasteiger partial charge in [-0.3, -0.25) is 0 Å². The lowest BCUT2D eigenvalue weighted by Crippen LogP contribution is -2.18. The third-order valence-corrected chi connectivity index (χ3v) is 4.68. The van der Waals surface area contributed by atoms with E-state index in [1.807, 2.05) is 20.0 Å². The summed E-state index contributed by atoms with van der Waals surface area (Å²) < 4.78 is 7.66. The molecule has 0 aliphatic rings. The molecule has 112 valence electrons. The second-order valence-electron chi connectivity index (χ2n) is 4.87. The van der Waals surface area contributed by atoms with Crippen LogP contribution in [0.1, 0.15) is 29.7 Å². The number of aryl methyl sites for hydroxylation is 1. The van der Waals surface area contributed by atoms with E-state index in [1.54, 1.807) is 0 Å². The fourth-order valence-corrected chi connectivity index (χ4v) is 3.34. The average Bonchev–Trinajstić information content (AvgIpc) is 2.46. The van der Waals surface area contributed by atoms with Gasteiger partial charge in [-0.2, -0.15) is 0 Å². The van der Waals surface area contributed by atoms with Crippen molar-refractivity contribution in [2.75, 3.05) is 13.7 Å². The Morgan fingerprint density at radius 2 is 1.86 bits per heavy atom. The summed E-state index contributed by atoms with van der Waals surface area (Å²) in [5, 5.41) is 3.39. The Labute approximate surface area is 143 Å². The van der Waals surface area contributed by atoms with Gasteiger partial charge >= 0.3 is 0 Å². The van der Waals surface area contributed by atoms with Crippen LogP contribution in [0.5, 0.6) is 5.75 Å². The van der Waals surface area contributed by atoms with E-state index in [9.17, 15) is 0 Å². The Morgan fingerprint density at radius 1 is 1.10 bits per heavy atom. The van der Waals surface area contributed by atoms with E-state index in [1.165, 1.54) is 16.7 Å². The highest BCUT2D eigenvalue weighted by molar-refractivity contribution is 9.10. The largest absolute Gasteiger partial charge is 0.493 e. The van der Waals surface area contributed by atoms with Crippen LogP contribution in [0.2, 0.25) is 0 Å². The fraction of sp³-hybridized carbons (Fsp3) is 0.294. The van der Waals surface area contributed by atoms with Crippen LogP contribution in [0.25, 0.3) is 0 Å². The lowest BCUT2D eigenvalue weighted by molar-refractivity contribution is 0.338. The van der Waals surface area contributed by atoms with Crippen LogP contribution >= 0.6 is 31.9 Å². The fourth-order valence-electron chi connectivity index (χ4n) is 2.36. The summed E-state index contributed by atoms with van der Waals surface area (Å²) in [6.07, 6.45) is 0. The molecule has 0 saturated heterocycles. The first-order valence-corrected chi connectivity index (χ1v) is 8.51. The minimum absolute atomic E-state index is 0.131. The Balaban J connectivity index is 2.42. The summed E-state index contributed by atoms with van der Waals surface area (Å²) in [6.45, 7) is 4.76. The van der Waals surface area contributed by atoms with Gasteiger partial charge in [0.15, 0.2) is 0 Å². The Morgan fingerprint density at radius 3 is 2.48 bits per heavy atom. The lowest BCUT2D eigenvalue weighted by atomic mass is 9.97. The molecule has 0 amide bonds. The van der Waals surface area contributed by atoms with Crippen molar-refractivity contribution < 1.29 is 4.74 Å². The highest BCUT2D eigenvalue weighted by Crippen LogP contribution is 2.33. The molecule has 0 fully saturated rings. The van der Waals surface area contributed by atoms with Gasteiger partial charge in [0, 0.05) is 4.47 Å². The third-order valence-electron chi connectivity index (χ3n) is 3.34.